The lowest BCUT2D eigenvalue weighted by Crippen LogP contribution is -2.26. The number of anilines is 1. The Kier molecular flexibility index (Phi) is 4.36. The second kappa shape index (κ2) is 6.02. The van der Waals surface area contributed by atoms with E-state index >= 15 is 0 Å². The van der Waals surface area contributed by atoms with Crippen LogP contribution in [0.2, 0.25) is 0 Å². The van der Waals surface area contributed by atoms with Crippen molar-refractivity contribution in [3.8, 4) is 0 Å². The van der Waals surface area contributed by atoms with Gasteiger partial charge < -0.3 is 5.73 Å². The molecule has 0 aliphatic heterocycles. The summed E-state index contributed by atoms with van der Waals surface area (Å²) in [5.41, 5.74) is 7.92. The average molecular weight is 291 g/mol. The topological polar surface area (TPSA) is 85.1 Å². The summed E-state index contributed by atoms with van der Waals surface area (Å²) >= 11 is 0. The van der Waals surface area contributed by atoms with Crippen LogP contribution >= 0.6 is 0 Å². The van der Waals surface area contributed by atoms with Crippen molar-refractivity contribution in [3.05, 3.63) is 53.9 Å². The van der Waals surface area contributed by atoms with Crippen molar-refractivity contribution >= 4 is 15.7 Å². The Balaban J connectivity index is 2.04. The van der Waals surface area contributed by atoms with Crippen LogP contribution in [0.15, 0.2) is 47.6 Å². The smallest absolute Gasteiger partial charge is 0.240 e. The molecule has 2 aromatic rings. The van der Waals surface area contributed by atoms with Gasteiger partial charge in [0, 0.05) is 24.6 Å². The first-order valence-corrected chi connectivity index (χ1v) is 7.71. The zero-order valence-electron chi connectivity index (χ0n) is 11.2. The molecule has 20 heavy (non-hydrogen) atoms. The van der Waals surface area contributed by atoms with E-state index in [1.54, 1.807) is 24.5 Å². The Morgan fingerprint density at radius 2 is 2.10 bits per heavy atom. The first kappa shape index (κ1) is 14.5. The van der Waals surface area contributed by atoms with Crippen LogP contribution < -0.4 is 10.5 Å². The molecule has 0 saturated heterocycles. The first-order valence-electron chi connectivity index (χ1n) is 6.23. The third-order valence-corrected chi connectivity index (χ3v) is 4.25. The van der Waals surface area contributed by atoms with E-state index in [-0.39, 0.29) is 4.90 Å². The number of hydrogen-bond acceptors (Lipinski definition) is 4. The molecule has 1 aromatic heterocycles. The first-order chi connectivity index (χ1) is 9.47. The summed E-state index contributed by atoms with van der Waals surface area (Å²) in [5, 5.41) is 0. The molecule has 0 unspecified atom stereocenters. The summed E-state index contributed by atoms with van der Waals surface area (Å²) in [5.74, 6) is 0. The summed E-state index contributed by atoms with van der Waals surface area (Å²) in [6.07, 6.45) is 4.00. The molecule has 0 atom stereocenters. The monoisotopic (exact) mass is 291 g/mol. The van der Waals surface area contributed by atoms with Crippen LogP contribution in [0, 0.1) is 6.92 Å². The maximum atomic E-state index is 12.1. The maximum Gasteiger partial charge on any atom is 0.240 e. The second-order valence-corrected chi connectivity index (χ2v) is 6.36. The highest BCUT2D eigenvalue weighted by Gasteiger charge is 2.14. The highest BCUT2D eigenvalue weighted by Crippen LogP contribution is 2.16. The van der Waals surface area contributed by atoms with Gasteiger partial charge in [0.1, 0.15) is 0 Å². The Morgan fingerprint density at radius 1 is 1.30 bits per heavy atom. The van der Waals surface area contributed by atoms with Gasteiger partial charge in [-0.3, -0.25) is 4.98 Å². The number of aryl methyl sites for hydroxylation is 1. The lowest BCUT2D eigenvalue weighted by molar-refractivity contribution is 0.581. The van der Waals surface area contributed by atoms with Crippen LogP contribution in [0.4, 0.5) is 5.69 Å². The predicted octanol–water partition coefficient (Wildman–Crippen LogP) is 1.49. The van der Waals surface area contributed by atoms with Gasteiger partial charge >= 0.3 is 0 Å². The van der Waals surface area contributed by atoms with E-state index in [0.29, 0.717) is 18.7 Å². The summed E-state index contributed by atoms with van der Waals surface area (Å²) in [7, 11) is -3.53. The predicted molar refractivity (Wildman–Crippen MR) is 78.7 cm³/mol. The number of nitrogen functional groups attached to an aromatic ring is 1. The Hall–Kier alpha value is -1.92. The average Bonchev–Trinajstić information content (AvgIpc) is 2.38. The van der Waals surface area contributed by atoms with E-state index in [1.807, 2.05) is 19.1 Å². The summed E-state index contributed by atoms with van der Waals surface area (Å²) in [6.45, 7) is 2.13. The number of pyridine rings is 1. The summed E-state index contributed by atoms with van der Waals surface area (Å²) < 4.78 is 26.9. The minimum atomic E-state index is -3.53. The number of sulfonamides is 1. The summed E-state index contributed by atoms with van der Waals surface area (Å²) in [6, 6.07) is 8.52. The fourth-order valence-corrected chi connectivity index (χ4v) is 3.06. The van der Waals surface area contributed by atoms with Gasteiger partial charge in [0.05, 0.1) is 4.90 Å². The zero-order chi connectivity index (χ0) is 14.6. The van der Waals surface area contributed by atoms with Gasteiger partial charge in [-0.05, 0) is 48.7 Å². The highest BCUT2D eigenvalue weighted by molar-refractivity contribution is 7.89. The molecule has 2 rings (SSSR count). The van der Waals surface area contributed by atoms with Gasteiger partial charge in [-0.1, -0.05) is 6.07 Å². The van der Waals surface area contributed by atoms with Crippen molar-refractivity contribution in [3.63, 3.8) is 0 Å². The quantitative estimate of drug-likeness (QED) is 0.817. The van der Waals surface area contributed by atoms with Crippen LogP contribution in [-0.4, -0.2) is 19.9 Å². The van der Waals surface area contributed by atoms with Gasteiger partial charge in [0.15, 0.2) is 0 Å². The van der Waals surface area contributed by atoms with Crippen LogP contribution in [-0.2, 0) is 16.4 Å². The van der Waals surface area contributed by atoms with Crippen LogP contribution in [0.25, 0.3) is 0 Å². The number of nitrogens with zero attached hydrogens (tertiary/aromatic N) is 1. The standard InChI is InChI=1S/C14H17N3O2S/c1-11-7-13(15)9-14(8-11)20(18,19)17-6-4-12-3-2-5-16-10-12/h2-3,5,7-10,17H,4,6,15H2,1H3. The lowest BCUT2D eigenvalue weighted by Gasteiger charge is -2.08. The minimum Gasteiger partial charge on any atom is -0.399 e. The van der Waals surface area contributed by atoms with E-state index in [1.165, 1.54) is 6.07 Å². The Bertz CT molecular complexity index is 665. The number of nitrogens with one attached hydrogen (secondary N) is 1. The molecule has 6 heteroatoms. The van der Waals surface area contributed by atoms with E-state index in [4.69, 9.17) is 5.73 Å². The van der Waals surface area contributed by atoms with E-state index in [9.17, 15) is 8.42 Å². The normalized spacial score (nSPS) is 11.4. The zero-order valence-corrected chi connectivity index (χ0v) is 12.0. The fourth-order valence-electron chi connectivity index (χ4n) is 1.89. The number of benzene rings is 1. The Morgan fingerprint density at radius 3 is 2.75 bits per heavy atom. The van der Waals surface area contributed by atoms with E-state index in [0.717, 1.165) is 11.1 Å². The number of nitrogens with two attached hydrogens (primary N) is 1. The molecule has 1 aromatic carbocycles. The molecule has 0 aliphatic carbocycles. The molecule has 0 spiro atoms. The summed E-state index contributed by atoms with van der Waals surface area (Å²) in [4.78, 5) is 4.18. The van der Waals surface area contributed by atoms with Gasteiger partial charge in [-0.2, -0.15) is 0 Å². The number of aromatic nitrogens is 1. The van der Waals surface area contributed by atoms with Crippen LogP contribution in [0.5, 0.6) is 0 Å². The molecular formula is C14H17N3O2S. The van der Waals surface area contributed by atoms with Gasteiger partial charge in [-0.15, -0.1) is 0 Å². The van der Waals surface area contributed by atoms with Crippen molar-refractivity contribution in [2.75, 3.05) is 12.3 Å². The largest absolute Gasteiger partial charge is 0.399 e. The molecular weight excluding hydrogens is 274 g/mol. The molecule has 3 N–H and O–H groups in total. The van der Waals surface area contributed by atoms with Gasteiger partial charge in [0.2, 0.25) is 10.0 Å². The van der Waals surface area contributed by atoms with Gasteiger partial charge in [0.25, 0.3) is 0 Å². The molecule has 106 valence electrons. The van der Waals surface area contributed by atoms with Crippen molar-refractivity contribution in [1.82, 2.24) is 9.71 Å². The van der Waals surface area contributed by atoms with E-state index in [2.05, 4.69) is 9.71 Å². The van der Waals surface area contributed by atoms with Crippen molar-refractivity contribution < 1.29 is 8.42 Å². The van der Waals surface area contributed by atoms with Crippen molar-refractivity contribution in [2.24, 2.45) is 0 Å². The van der Waals surface area contributed by atoms with E-state index < -0.39 is 10.0 Å². The fraction of sp³-hybridized carbons (Fsp3) is 0.214. The number of hydrogen-bond donors (Lipinski definition) is 2. The molecule has 1 heterocycles. The number of rotatable bonds is 5. The molecule has 0 saturated carbocycles. The maximum absolute atomic E-state index is 12.1. The SMILES string of the molecule is Cc1cc(N)cc(S(=O)(=O)NCCc2cccnc2)c1. The van der Waals surface area contributed by atoms with Crippen LogP contribution in [0.3, 0.4) is 0 Å². The van der Waals surface area contributed by atoms with Gasteiger partial charge in [-0.25, -0.2) is 13.1 Å². The third kappa shape index (κ3) is 3.79. The molecule has 5 nitrogen and oxygen atoms in total. The molecule has 0 fully saturated rings. The molecule has 0 amide bonds. The second-order valence-electron chi connectivity index (χ2n) is 4.59. The van der Waals surface area contributed by atoms with Crippen molar-refractivity contribution in [2.45, 2.75) is 18.2 Å². The molecule has 0 bridgehead atoms. The molecule has 0 aliphatic rings. The van der Waals surface area contributed by atoms with Crippen molar-refractivity contribution in [1.29, 1.82) is 0 Å². The highest BCUT2D eigenvalue weighted by atomic mass is 32.2. The lowest BCUT2D eigenvalue weighted by atomic mass is 10.2. The molecule has 0 radical (unpaired) electrons. The minimum absolute atomic E-state index is 0.196. The Labute approximate surface area is 118 Å². The third-order valence-electron chi connectivity index (χ3n) is 2.81. The van der Waals surface area contributed by atoms with Crippen LogP contribution in [0.1, 0.15) is 11.1 Å².